The number of benzene rings is 1. The van der Waals surface area contributed by atoms with Gasteiger partial charge in [0.25, 0.3) is 0 Å². The van der Waals surface area contributed by atoms with Crippen molar-refractivity contribution in [1.82, 2.24) is 19.9 Å². The van der Waals surface area contributed by atoms with Crippen LogP contribution >= 0.6 is 15.9 Å². The minimum atomic E-state index is -1.53. The summed E-state index contributed by atoms with van der Waals surface area (Å²) in [5.74, 6) is 0.685. The van der Waals surface area contributed by atoms with E-state index in [0.717, 1.165) is 15.4 Å². The number of aromatic nitrogens is 3. The molecule has 10 heteroatoms. The minimum Gasteiger partial charge on any atom is -0.481 e. The van der Waals surface area contributed by atoms with Gasteiger partial charge in [0.05, 0.1) is 39.9 Å². The summed E-state index contributed by atoms with van der Waals surface area (Å²) in [4.78, 5) is 15.7. The number of pyridine rings is 3. The van der Waals surface area contributed by atoms with Crippen molar-refractivity contribution in [3.05, 3.63) is 75.9 Å². The Hall–Kier alpha value is -3.47. The zero-order valence-electron chi connectivity index (χ0n) is 22.9. The smallest absolute Gasteiger partial charge is 0.217 e. The molecule has 4 rings (SSSR count). The monoisotopic (exact) mass is 596 g/mol. The second-order valence-corrected chi connectivity index (χ2v) is 10.3. The van der Waals surface area contributed by atoms with Gasteiger partial charge in [0.2, 0.25) is 23.5 Å². The number of hydrogen-bond acceptors (Lipinski definition) is 9. The van der Waals surface area contributed by atoms with Crippen molar-refractivity contribution >= 4 is 26.8 Å². The van der Waals surface area contributed by atoms with Gasteiger partial charge in [-0.05, 0) is 56.4 Å². The molecule has 3 aromatic heterocycles. The average Bonchev–Trinajstić information content (AvgIpc) is 2.95. The SMILES string of the molecule is COc1cc([C@](O)(CCN(C)C)[C@H](c2cccnc2OC)c2cc3cc(Br)ccc3nc2OC)cc(OC)n1. The number of nitrogens with zero attached hydrogens (tertiary/aromatic N) is 4. The summed E-state index contributed by atoms with van der Waals surface area (Å²) in [6, 6.07) is 15.0. The first-order chi connectivity index (χ1) is 18.7. The molecule has 0 radical (unpaired) electrons. The third kappa shape index (κ3) is 5.93. The largest absolute Gasteiger partial charge is 0.481 e. The summed E-state index contributed by atoms with van der Waals surface area (Å²) < 4.78 is 23.4. The zero-order valence-corrected chi connectivity index (χ0v) is 24.5. The molecule has 39 heavy (non-hydrogen) atoms. The van der Waals surface area contributed by atoms with Crippen LogP contribution in [-0.2, 0) is 5.60 Å². The van der Waals surface area contributed by atoms with Gasteiger partial charge in [-0.15, -0.1) is 0 Å². The second kappa shape index (κ2) is 12.1. The van der Waals surface area contributed by atoms with E-state index in [2.05, 4.69) is 25.9 Å². The molecule has 1 N–H and O–H groups in total. The van der Waals surface area contributed by atoms with Crippen LogP contribution in [-0.4, -0.2) is 74.0 Å². The predicted octanol–water partition coefficient (Wildman–Crippen LogP) is 4.79. The first kappa shape index (κ1) is 28.5. The van der Waals surface area contributed by atoms with E-state index in [1.54, 1.807) is 32.5 Å². The first-order valence-corrected chi connectivity index (χ1v) is 13.1. The number of fused-ring (bicyclic) bond motifs is 1. The lowest BCUT2D eigenvalue weighted by Crippen LogP contribution is -2.38. The van der Waals surface area contributed by atoms with Gasteiger partial charge >= 0.3 is 0 Å². The van der Waals surface area contributed by atoms with Crippen LogP contribution in [0, 0.1) is 0 Å². The molecule has 2 atom stereocenters. The van der Waals surface area contributed by atoms with Crippen LogP contribution in [0.4, 0.5) is 0 Å². The van der Waals surface area contributed by atoms with Crippen molar-refractivity contribution < 1.29 is 24.1 Å². The Kier molecular flexibility index (Phi) is 8.89. The number of hydrogen-bond donors (Lipinski definition) is 1. The molecule has 0 aliphatic rings. The van der Waals surface area contributed by atoms with Gasteiger partial charge in [-0.25, -0.2) is 9.97 Å². The van der Waals surface area contributed by atoms with Crippen LogP contribution in [0.1, 0.15) is 29.0 Å². The van der Waals surface area contributed by atoms with Crippen molar-refractivity contribution in [2.45, 2.75) is 17.9 Å². The van der Waals surface area contributed by atoms with E-state index in [4.69, 9.17) is 23.9 Å². The Balaban J connectivity index is 2.10. The van der Waals surface area contributed by atoms with E-state index in [9.17, 15) is 5.11 Å². The van der Waals surface area contributed by atoms with E-state index >= 15 is 0 Å². The molecule has 1 aromatic carbocycles. The second-order valence-electron chi connectivity index (χ2n) is 9.38. The molecular formula is C29H33BrN4O5. The lowest BCUT2D eigenvalue weighted by molar-refractivity contribution is 0.00259. The summed E-state index contributed by atoms with van der Waals surface area (Å²) >= 11 is 3.57. The summed E-state index contributed by atoms with van der Waals surface area (Å²) in [5.41, 5.74) is 1.13. The Labute approximate surface area is 236 Å². The number of halogens is 1. The molecule has 9 nitrogen and oxygen atoms in total. The summed E-state index contributed by atoms with van der Waals surface area (Å²) in [6.07, 6.45) is 1.99. The van der Waals surface area contributed by atoms with Crippen LogP contribution < -0.4 is 18.9 Å². The van der Waals surface area contributed by atoms with E-state index < -0.39 is 11.5 Å². The number of aliphatic hydroxyl groups is 1. The van der Waals surface area contributed by atoms with Crippen LogP contribution in [0.15, 0.2) is 59.2 Å². The van der Waals surface area contributed by atoms with Crippen molar-refractivity contribution in [3.63, 3.8) is 0 Å². The Bertz CT molecular complexity index is 1430. The number of ether oxygens (including phenoxy) is 4. The molecule has 0 amide bonds. The van der Waals surface area contributed by atoms with E-state index in [1.807, 2.05) is 55.4 Å². The van der Waals surface area contributed by atoms with Crippen molar-refractivity contribution in [2.75, 3.05) is 49.1 Å². The van der Waals surface area contributed by atoms with Crippen LogP contribution in [0.3, 0.4) is 0 Å². The van der Waals surface area contributed by atoms with Gasteiger partial charge in [0, 0.05) is 45.9 Å². The van der Waals surface area contributed by atoms with Gasteiger partial charge in [0.15, 0.2) is 0 Å². The van der Waals surface area contributed by atoms with Gasteiger partial charge in [-0.1, -0.05) is 22.0 Å². The fourth-order valence-corrected chi connectivity index (χ4v) is 5.16. The van der Waals surface area contributed by atoms with Gasteiger partial charge in [-0.2, -0.15) is 4.98 Å². The van der Waals surface area contributed by atoms with E-state index in [0.29, 0.717) is 53.2 Å². The highest BCUT2D eigenvalue weighted by molar-refractivity contribution is 9.10. The highest BCUT2D eigenvalue weighted by Gasteiger charge is 2.44. The summed E-state index contributed by atoms with van der Waals surface area (Å²) in [5, 5.41) is 13.8. The standard InChI is InChI=1S/C29H33BrN4O5/c1-34(2)13-11-29(35,19-16-24(36-3)33-25(17-19)37-4)26(21-8-7-12-31-27(21)38-5)22-15-18-14-20(30)9-10-23(18)32-28(22)39-6/h7-10,12,14-17,26,35H,11,13H2,1-6H3/t26-,29-/m1/s1. The molecule has 0 spiro atoms. The molecule has 0 unspecified atom stereocenters. The highest BCUT2D eigenvalue weighted by Crippen LogP contribution is 2.50. The lowest BCUT2D eigenvalue weighted by Gasteiger charge is -2.39. The molecule has 0 aliphatic heterocycles. The fourth-order valence-electron chi connectivity index (χ4n) is 4.78. The predicted molar refractivity (Wildman–Crippen MR) is 153 cm³/mol. The summed E-state index contributed by atoms with van der Waals surface area (Å²) in [7, 11) is 10.1. The van der Waals surface area contributed by atoms with Gasteiger partial charge in [-0.3, -0.25) is 0 Å². The molecule has 3 heterocycles. The Morgan fingerprint density at radius 1 is 0.872 bits per heavy atom. The van der Waals surface area contributed by atoms with Crippen molar-refractivity contribution in [3.8, 4) is 23.5 Å². The zero-order chi connectivity index (χ0) is 28.2. The molecule has 0 bridgehead atoms. The normalized spacial score (nSPS) is 13.7. The van der Waals surface area contributed by atoms with Crippen molar-refractivity contribution in [1.29, 1.82) is 0 Å². The van der Waals surface area contributed by atoms with Crippen LogP contribution in [0.25, 0.3) is 10.9 Å². The first-order valence-electron chi connectivity index (χ1n) is 12.3. The maximum atomic E-state index is 13.0. The van der Waals surface area contributed by atoms with E-state index in [1.165, 1.54) is 14.2 Å². The average molecular weight is 598 g/mol. The Morgan fingerprint density at radius 3 is 2.18 bits per heavy atom. The third-order valence-corrected chi connectivity index (χ3v) is 7.19. The van der Waals surface area contributed by atoms with Gasteiger partial charge < -0.3 is 29.0 Å². The molecule has 0 saturated heterocycles. The maximum Gasteiger partial charge on any atom is 0.217 e. The molecule has 206 valence electrons. The Morgan fingerprint density at radius 2 is 1.56 bits per heavy atom. The number of methoxy groups -OCH3 is 4. The van der Waals surface area contributed by atoms with Crippen LogP contribution in [0.5, 0.6) is 23.5 Å². The summed E-state index contributed by atoms with van der Waals surface area (Å²) in [6.45, 7) is 0.567. The topological polar surface area (TPSA) is 99.1 Å². The maximum absolute atomic E-state index is 13.0. The molecule has 0 aliphatic carbocycles. The third-order valence-electron chi connectivity index (χ3n) is 6.69. The quantitative estimate of drug-likeness (QED) is 0.262. The number of rotatable bonds is 11. The minimum absolute atomic E-state index is 0.317. The van der Waals surface area contributed by atoms with Gasteiger partial charge in [0.1, 0.15) is 5.60 Å². The fraction of sp³-hybridized carbons (Fsp3) is 0.345. The molecule has 4 aromatic rings. The van der Waals surface area contributed by atoms with Crippen LogP contribution in [0.2, 0.25) is 0 Å². The lowest BCUT2D eigenvalue weighted by atomic mass is 9.72. The molecule has 0 saturated carbocycles. The van der Waals surface area contributed by atoms with E-state index in [-0.39, 0.29) is 0 Å². The molecular weight excluding hydrogens is 564 g/mol. The molecule has 0 fully saturated rings. The highest BCUT2D eigenvalue weighted by atomic mass is 79.9. The van der Waals surface area contributed by atoms with Crippen molar-refractivity contribution in [2.24, 2.45) is 0 Å².